The smallest absolute Gasteiger partial charge is 0.253 e. The highest BCUT2D eigenvalue weighted by molar-refractivity contribution is 6.05. The zero-order valence-corrected chi connectivity index (χ0v) is 13.4. The van der Waals surface area contributed by atoms with E-state index in [0.29, 0.717) is 5.56 Å². The van der Waals surface area contributed by atoms with Crippen LogP contribution in [0.1, 0.15) is 35.9 Å². The number of pyridine rings is 1. The van der Waals surface area contributed by atoms with Gasteiger partial charge in [-0.1, -0.05) is 18.2 Å². The standard InChI is InChI=1S/C17H19N5O/c1-11-7-8-14-5-4-6-15(16(14)20-11)17(23)21-12(2)13(3)22-10-18-9-19-22/h4-10,12-13H,1-3H3,(H,21,23)/t12-,13-/m0/s1. The van der Waals surface area contributed by atoms with Gasteiger partial charge in [-0.05, 0) is 32.9 Å². The van der Waals surface area contributed by atoms with Gasteiger partial charge < -0.3 is 5.32 Å². The zero-order chi connectivity index (χ0) is 16.4. The molecule has 0 saturated carbocycles. The number of benzene rings is 1. The fourth-order valence-corrected chi connectivity index (χ4v) is 2.49. The van der Waals surface area contributed by atoms with Crippen LogP contribution in [0.2, 0.25) is 0 Å². The Morgan fingerprint density at radius 2 is 2.04 bits per heavy atom. The van der Waals surface area contributed by atoms with Gasteiger partial charge in [0.05, 0.1) is 17.1 Å². The minimum absolute atomic E-state index is 0.00567. The summed E-state index contributed by atoms with van der Waals surface area (Å²) in [5, 5.41) is 8.11. The van der Waals surface area contributed by atoms with Crippen molar-refractivity contribution in [1.82, 2.24) is 25.1 Å². The van der Waals surface area contributed by atoms with Crippen molar-refractivity contribution < 1.29 is 4.79 Å². The Labute approximate surface area is 134 Å². The predicted molar refractivity (Wildman–Crippen MR) is 88.1 cm³/mol. The van der Waals surface area contributed by atoms with Gasteiger partial charge in [-0.25, -0.2) is 9.67 Å². The molecule has 0 aliphatic heterocycles. The topological polar surface area (TPSA) is 72.7 Å². The third kappa shape index (κ3) is 3.06. The lowest BCUT2D eigenvalue weighted by atomic mass is 10.1. The molecular weight excluding hydrogens is 290 g/mol. The lowest BCUT2D eigenvalue weighted by Gasteiger charge is -2.21. The van der Waals surface area contributed by atoms with Gasteiger partial charge in [0.15, 0.2) is 0 Å². The van der Waals surface area contributed by atoms with Crippen molar-refractivity contribution in [2.24, 2.45) is 0 Å². The fraction of sp³-hybridized carbons (Fsp3) is 0.294. The number of aryl methyl sites for hydroxylation is 1. The van der Waals surface area contributed by atoms with Crippen molar-refractivity contribution >= 4 is 16.8 Å². The van der Waals surface area contributed by atoms with Crippen molar-refractivity contribution in [3.63, 3.8) is 0 Å². The van der Waals surface area contributed by atoms with Crippen molar-refractivity contribution in [2.75, 3.05) is 0 Å². The van der Waals surface area contributed by atoms with Gasteiger partial charge in [0.25, 0.3) is 5.91 Å². The van der Waals surface area contributed by atoms with Crippen LogP contribution in [0.15, 0.2) is 43.0 Å². The third-order valence-electron chi connectivity index (χ3n) is 4.04. The summed E-state index contributed by atoms with van der Waals surface area (Å²) in [6, 6.07) is 9.47. The van der Waals surface area contributed by atoms with E-state index >= 15 is 0 Å². The summed E-state index contributed by atoms with van der Waals surface area (Å²) in [6.07, 6.45) is 3.14. The fourth-order valence-electron chi connectivity index (χ4n) is 2.49. The van der Waals surface area contributed by atoms with Crippen LogP contribution in [0, 0.1) is 6.92 Å². The Bertz CT molecular complexity index is 828. The monoisotopic (exact) mass is 309 g/mol. The summed E-state index contributed by atoms with van der Waals surface area (Å²) in [4.78, 5) is 21.1. The number of fused-ring (bicyclic) bond motifs is 1. The summed E-state index contributed by atoms with van der Waals surface area (Å²) < 4.78 is 1.73. The molecule has 0 fully saturated rings. The maximum absolute atomic E-state index is 12.7. The van der Waals surface area contributed by atoms with Gasteiger partial charge in [-0.2, -0.15) is 5.10 Å². The number of hydrogen-bond donors (Lipinski definition) is 1. The summed E-state index contributed by atoms with van der Waals surface area (Å²) in [7, 11) is 0. The molecule has 2 aromatic heterocycles. The lowest BCUT2D eigenvalue weighted by molar-refractivity contribution is 0.0930. The van der Waals surface area contributed by atoms with Gasteiger partial charge in [0.1, 0.15) is 12.7 Å². The average Bonchev–Trinajstić information content (AvgIpc) is 3.07. The first-order chi connectivity index (χ1) is 11.1. The van der Waals surface area contributed by atoms with E-state index in [4.69, 9.17) is 0 Å². The summed E-state index contributed by atoms with van der Waals surface area (Å²) in [5.41, 5.74) is 2.20. The Morgan fingerprint density at radius 3 is 2.78 bits per heavy atom. The highest BCUT2D eigenvalue weighted by atomic mass is 16.1. The van der Waals surface area contributed by atoms with Crippen LogP contribution in [0.25, 0.3) is 10.9 Å². The first kappa shape index (κ1) is 15.1. The van der Waals surface area contributed by atoms with Gasteiger partial charge in [0, 0.05) is 17.1 Å². The molecule has 0 unspecified atom stereocenters. The molecule has 0 spiro atoms. The van der Waals surface area contributed by atoms with Gasteiger partial charge >= 0.3 is 0 Å². The number of rotatable bonds is 4. The molecule has 3 rings (SSSR count). The van der Waals surface area contributed by atoms with E-state index in [2.05, 4.69) is 20.4 Å². The molecule has 2 atom stereocenters. The van der Waals surface area contributed by atoms with Crippen LogP contribution < -0.4 is 5.32 Å². The molecular formula is C17H19N5O. The van der Waals surface area contributed by atoms with E-state index in [1.54, 1.807) is 17.1 Å². The molecule has 2 heterocycles. The molecule has 0 aliphatic rings. The molecule has 1 amide bonds. The number of hydrogen-bond acceptors (Lipinski definition) is 4. The van der Waals surface area contributed by atoms with E-state index in [9.17, 15) is 4.79 Å². The van der Waals surface area contributed by atoms with Crippen LogP contribution in [-0.4, -0.2) is 31.7 Å². The van der Waals surface area contributed by atoms with Crippen LogP contribution in [-0.2, 0) is 0 Å². The lowest BCUT2D eigenvalue weighted by Crippen LogP contribution is -2.38. The summed E-state index contributed by atoms with van der Waals surface area (Å²) >= 11 is 0. The van der Waals surface area contributed by atoms with Gasteiger partial charge in [-0.15, -0.1) is 0 Å². The Morgan fingerprint density at radius 1 is 1.22 bits per heavy atom. The van der Waals surface area contributed by atoms with Gasteiger partial charge in [0.2, 0.25) is 0 Å². The van der Waals surface area contributed by atoms with Crippen LogP contribution in [0.5, 0.6) is 0 Å². The Kier molecular flexibility index (Phi) is 4.06. The maximum atomic E-state index is 12.7. The number of aromatic nitrogens is 4. The number of carbonyl (C=O) groups is 1. The largest absolute Gasteiger partial charge is 0.347 e. The number of para-hydroxylation sites is 1. The minimum atomic E-state index is -0.131. The molecule has 1 aromatic carbocycles. The first-order valence-electron chi connectivity index (χ1n) is 7.57. The SMILES string of the molecule is Cc1ccc2cccc(C(=O)N[C@@H](C)[C@H](C)n3cncn3)c2n1. The predicted octanol–water partition coefficient (Wildman–Crippen LogP) is 2.51. The second-order valence-corrected chi connectivity index (χ2v) is 5.71. The van der Waals surface area contributed by atoms with E-state index < -0.39 is 0 Å². The van der Waals surface area contributed by atoms with E-state index in [-0.39, 0.29) is 18.0 Å². The van der Waals surface area contributed by atoms with Crippen molar-refractivity contribution in [1.29, 1.82) is 0 Å². The molecule has 23 heavy (non-hydrogen) atoms. The third-order valence-corrected chi connectivity index (χ3v) is 4.04. The molecule has 6 nitrogen and oxygen atoms in total. The van der Waals surface area contributed by atoms with Crippen LogP contribution >= 0.6 is 0 Å². The van der Waals surface area contributed by atoms with Crippen molar-refractivity contribution in [3.05, 3.63) is 54.2 Å². The summed E-state index contributed by atoms with van der Waals surface area (Å²) in [5.74, 6) is -0.131. The van der Waals surface area contributed by atoms with Crippen molar-refractivity contribution in [2.45, 2.75) is 32.9 Å². The maximum Gasteiger partial charge on any atom is 0.253 e. The van der Waals surface area contributed by atoms with Crippen LogP contribution in [0.3, 0.4) is 0 Å². The normalized spacial score (nSPS) is 13.7. The first-order valence-corrected chi connectivity index (χ1v) is 7.57. The van der Waals surface area contributed by atoms with Gasteiger partial charge in [-0.3, -0.25) is 9.78 Å². The van der Waals surface area contributed by atoms with E-state index in [1.165, 1.54) is 6.33 Å². The van der Waals surface area contributed by atoms with E-state index in [0.717, 1.165) is 16.6 Å². The molecule has 0 radical (unpaired) electrons. The molecule has 3 aromatic rings. The van der Waals surface area contributed by atoms with Crippen LogP contribution in [0.4, 0.5) is 0 Å². The zero-order valence-electron chi connectivity index (χ0n) is 13.4. The number of carbonyl (C=O) groups excluding carboxylic acids is 1. The highest BCUT2D eigenvalue weighted by Crippen LogP contribution is 2.18. The highest BCUT2D eigenvalue weighted by Gasteiger charge is 2.19. The quantitative estimate of drug-likeness (QED) is 0.803. The average molecular weight is 309 g/mol. The van der Waals surface area contributed by atoms with E-state index in [1.807, 2.05) is 45.0 Å². The minimum Gasteiger partial charge on any atom is -0.347 e. The van der Waals surface area contributed by atoms with Crippen molar-refractivity contribution in [3.8, 4) is 0 Å². The number of amides is 1. The second kappa shape index (κ2) is 6.16. The summed E-state index contributed by atoms with van der Waals surface area (Å²) in [6.45, 7) is 5.86. The number of nitrogens with zero attached hydrogens (tertiary/aromatic N) is 4. The Hall–Kier alpha value is -2.76. The molecule has 0 saturated heterocycles. The molecule has 6 heteroatoms. The number of nitrogens with one attached hydrogen (secondary N) is 1. The molecule has 0 bridgehead atoms. The Balaban J connectivity index is 1.85. The molecule has 0 aliphatic carbocycles. The molecule has 1 N–H and O–H groups in total. The molecule has 118 valence electrons. The second-order valence-electron chi connectivity index (χ2n) is 5.71.